The number of nitrogens with zero attached hydrogens (tertiary/aromatic N) is 2. The van der Waals surface area contributed by atoms with Crippen LogP contribution in [0.4, 0.5) is 11.5 Å². The first-order valence-electron chi connectivity index (χ1n) is 7.94. The summed E-state index contributed by atoms with van der Waals surface area (Å²) < 4.78 is 0. The van der Waals surface area contributed by atoms with Crippen molar-refractivity contribution >= 4 is 23.2 Å². The normalized spacial score (nSPS) is 16.2. The lowest BCUT2D eigenvalue weighted by Crippen LogP contribution is -2.22. The number of carbonyl (C=O) groups excluding carboxylic acids is 2. The first kappa shape index (κ1) is 15.9. The number of hydrogen-bond donors (Lipinski definition) is 1. The fourth-order valence-electron chi connectivity index (χ4n) is 2.98. The molecule has 1 aromatic carbocycles. The highest BCUT2D eigenvalue weighted by atomic mass is 16.1. The van der Waals surface area contributed by atoms with Crippen molar-refractivity contribution in [3.8, 4) is 0 Å². The van der Waals surface area contributed by atoms with Gasteiger partial charge in [-0.2, -0.15) is 0 Å². The molecule has 24 heavy (non-hydrogen) atoms. The van der Waals surface area contributed by atoms with E-state index in [-0.39, 0.29) is 23.4 Å². The fraction of sp³-hybridized carbons (Fsp3) is 0.263. The van der Waals surface area contributed by atoms with Gasteiger partial charge in [-0.1, -0.05) is 19.6 Å². The van der Waals surface area contributed by atoms with E-state index in [1.807, 2.05) is 13.0 Å². The Bertz CT molecular complexity index is 835. The molecular formula is C19H17N3O2. The van der Waals surface area contributed by atoms with E-state index in [1.165, 1.54) is 12.3 Å². The van der Waals surface area contributed by atoms with Crippen molar-refractivity contribution in [1.82, 2.24) is 4.98 Å². The predicted octanol–water partition coefficient (Wildman–Crippen LogP) is 4.04. The highest BCUT2D eigenvalue weighted by Crippen LogP contribution is 2.29. The maximum absolute atomic E-state index is 12.3. The Morgan fingerprint density at radius 3 is 2.88 bits per heavy atom. The molecule has 0 saturated heterocycles. The number of ketones is 1. The molecule has 120 valence electrons. The molecule has 1 aliphatic carbocycles. The zero-order chi connectivity index (χ0) is 17.1. The van der Waals surface area contributed by atoms with Gasteiger partial charge in [0.1, 0.15) is 6.20 Å². The number of pyridine rings is 1. The van der Waals surface area contributed by atoms with Crippen LogP contribution in [0.2, 0.25) is 0 Å². The molecule has 1 amide bonds. The highest BCUT2D eigenvalue weighted by molar-refractivity contribution is 6.05. The molecular weight excluding hydrogens is 302 g/mol. The number of amides is 1. The quantitative estimate of drug-likeness (QED) is 0.868. The number of benzene rings is 1. The average molecular weight is 319 g/mol. The molecule has 2 aromatic rings. The van der Waals surface area contributed by atoms with Crippen LogP contribution in [0.15, 0.2) is 36.5 Å². The van der Waals surface area contributed by atoms with E-state index in [0.717, 1.165) is 30.4 Å². The minimum absolute atomic E-state index is 0.116. The van der Waals surface area contributed by atoms with Gasteiger partial charge < -0.3 is 10.2 Å². The lowest BCUT2D eigenvalue weighted by Gasteiger charge is -2.22. The van der Waals surface area contributed by atoms with Gasteiger partial charge in [0.05, 0.1) is 5.56 Å². The van der Waals surface area contributed by atoms with Crippen molar-refractivity contribution in [2.75, 3.05) is 5.32 Å². The molecule has 1 heterocycles. The lowest BCUT2D eigenvalue weighted by atomic mass is 9.81. The second-order valence-electron chi connectivity index (χ2n) is 5.85. The molecule has 0 radical (unpaired) electrons. The van der Waals surface area contributed by atoms with Crippen LogP contribution in [-0.2, 0) is 6.42 Å². The number of nitrogens with one attached hydrogen (secondary N) is 1. The summed E-state index contributed by atoms with van der Waals surface area (Å²) in [5.41, 5.74) is 2.82. The summed E-state index contributed by atoms with van der Waals surface area (Å²) in [6.07, 6.45) is 3.97. The molecule has 1 aromatic heterocycles. The third-order valence-corrected chi connectivity index (χ3v) is 4.38. The summed E-state index contributed by atoms with van der Waals surface area (Å²) in [7, 11) is 0. The van der Waals surface area contributed by atoms with Gasteiger partial charge in [-0.15, -0.1) is 4.98 Å². The molecule has 1 unspecified atom stereocenters. The fourth-order valence-corrected chi connectivity index (χ4v) is 2.98. The van der Waals surface area contributed by atoms with Gasteiger partial charge in [0.2, 0.25) is 0 Å². The van der Waals surface area contributed by atoms with E-state index < -0.39 is 0 Å². The van der Waals surface area contributed by atoms with Crippen molar-refractivity contribution in [3.63, 3.8) is 0 Å². The first-order valence-corrected chi connectivity index (χ1v) is 7.94. The van der Waals surface area contributed by atoms with Crippen molar-refractivity contribution in [1.29, 1.82) is 0 Å². The van der Waals surface area contributed by atoms with Gasteiger partial charge in [-0.3, -0.25) is 9.59 Å². The van der Waals surface area contributed by atoms with Crippen LogP contribution in [0, 0.1) is 12.5 Å². The highest BCUT2D eigenvalue weighted by Gasteiger charge is 2.26. The van der Waals surface area contributed by atoms with Gasteiger partial charge >= 0.3 is 0 Å². The van der Waals surface area contributed by atoms with Crippen molar-refractivity contribution in [2.24, 2.45) is 5.92 Å². The van der Waals surface area contributed by atoms with Crippen LogP contribution in [0.1, 0.15) is 46.0 Å². The minimum Gasteiger partial charge on any atom is -0.361 e. The molecule has 1 atom stereocenters. The van der Waals surface area contributed by atoms with E-state index in [1.54, 1.807) is 18.2 Å². The summed E-state index contributed by atoms with van der Waals surface area (Å²) >= 11 is 0. The largest absolute Gasteiger partial charge is 0.361 e. The van der Waals surface area contributed by atoms with Crippen molar-refractivity contribution in [2.45, 2.75) is 26.2 Å². The number of fused-ring (bicyclic) bond motifs is 1. The Morgan fingerprint density at radius 2 is 2.21 bits per heavy atom. The molecule has 0 fully saturated rings. The minimum atomic E-state index is -0.285. The van der Waals surface area contributed by atoms with E-state index in [0.29, 0.717) is 11.3 Å². The summed E-state index contributed by atoms with van der Waals surface area (Å²) in [5.74, 6) is 0.289. The van der Waals surface area contributed by atoms with Gasteiger partial charge in [-0.05, 0) is 49.1 Å². The standard InChI is InChI=1S/C19H17N3O2/c1-3-12-4-5-13-10-15(7-8-16(13)18(12)23)22-19(24)14-6-9-17(20-2)21-11-14/h6-12H,3-5H2,1H3,(H,22,24). The molecule has 5 heteroatoms. The van der Waals surface area contributed by atoms with Crippen LogP contribution < -0.4 is 5.32 Å². The van der Waals surface area contributed by atoms with Gasteiger partial charge in [0.15, 0.2) is 5.78 Å². The molecule has 0 bridgehead atoms. The summed E-state index contributed by atoms with van der Waals surface area (Å²) in [6, 6.07) is 8.52. The van der Waals surface area contributed by atoms with Crippen molar-refractivity contribution in [3.05, 3.63) is 64.6 Å². The summed E-state index contributed by atoms with van der Waals surface area (Å²) in [5, 5.41) is 2.82. The number of hydrogen-bond acceptors (Lipinski definition) is 3. The predicted molar refractivity (Wildman–Crippen MR) is 91.3 cm³/mol. The zero-order valence-electron chi connectivity index (χ0n) is 13.4. The van der Waals surface area contributed by atoms with Gasteiger partial charge in [-0.25, -0.2) is 0 Å². The summed E-state index contributed by atoms with van der Waals surface area (Å²) in [4.78, 5) is 31.7. The molecule has 0 aliphatic heterocycles. The molecule has 1 N–H and O–H groups in total. The Hall–Kier alpha value is -3.00. The number of rotatable bonds is 3. The van der Waals surface area contributed by atoms with Gasteiger partial charge in [0, 0.05) is 17.2 Å². The van der Waals surface area contributed by atoms with E-state index in [2.05, 4.69) is 15.1 Å². The van der Waals surface area contributed by atoms with Crippen LogP contribution in [-0.4, -0.2) is 16.7 Å². The van der Waals surface area contributed by atoms with E-state index >= 15 is 0 Å². The van der Waals surface area contributed by atoms with E-state index in [9.17, 15) is 9.59 Å². The SMILES string of the molecule is [C-]#[N+]c1ccc(C(=O)Nc2ccc3c(c2)CCC(CC)C3=O)cn1. The monoisotopic (exact) mass is 319 g/mol. The Labute approximate surface area is 140 Å². The molecule has 5 nitrogen and oxygen atoms in total. The Balaban J connectivity index is 1.78. The van der Waals surface area contributed by atoms with Crippen LogP contribution in [0.3, 0.4) is 0 Å². The third kappa shape index (κ3) is 3.04. The maximum atomic E-state index is 12.3. The van der Waals surface area contributed by atoms with Gasteiger partial charge in [0.25, 0.3) is 11.7 Å². The number of Topliss-reactive ketones (excluding diaryl/α,β-unsaturated/α-hetero) is 1. The smallest absolute Gasteiger partial charge is 0.269 e. The topological polar surface area (TPSA) is 63.4 Å². The lowest BCUT2D eigenvalue weighted by molar-refractivity contribution is 0.0898. The number of anilines is 1. The number of carbonyl (C=O) groups is 2. The first-order chi connectivity index (χ1) is 11.6. The van der Waals surface area contributed by atoms with Crippen LogP contribution in [0.5, 0.6) is 0 Å². The maximum Gasteiger partial charge on any atom is 0.269 e. The number of aromatic nitrogens is 1. The second-order valence-corrected chi connectivity index (χ2v) is 5.85. The Morgan fingerprint density at radius 1 is 1.38 bits per heavy atom. The third-order valence-electron chi connectivity index (χ3n) is 4.38. The molecule has 3 rings (SSSR count). The second kappa shape index (κ2) is 6.63. The van der Waals surface area contributed by atoms with Crippen LogP contribution in [0.25, 0.3) is 4.85 Å². The molecule has 0 spiro atoms. The number of aryl methyl sites for hydroxylation is 1. The van der Waals surface area contributed by atoms with Crippen molar-refractivity contribution < 1.29 is 9.59 Å². The van der Waals surface area contributed by atoms with E-state index in [4.69, 9.17) is 6.57 Å². The average Bonchev–Trinajstić information content (AvgIpc) is 2.62. The molecule has 1 aliphatic rings. The Kier molecular flexibility index (Phi) is 4.39. The zero-order valence-corrected chi connectivity index (χ0v) is 13.4. The molecule has 0 saturated carbocycles. The van der Waals surface area contributed by atoms with Crippen LogP contribution >= 0.6 is 0 Å². The summed E-state index contributed by atoms with van der Waals surface area (Å²) in [6.45, 7) is 8.91.